The van der Waals surface area contributed by atoms with E-state index >= 15 is 0 Å². The van der Waals surface area contributed by atoms with Crippen molar-refractivity contribution in [1.29, 1.82) is 0 Å². The lowest BCUT2D eigenvalue weighted by molar-refractivity contribution is -0.0372. The van der Waals surface area contributed by atoms with E-state index in [9.17, 15) is 5.11 Å². The molecule has 2 N–H and O–H groups in total. The van der Waals surface area contributed by atoms with Crippen LogP contribution in [0.25, 0.3) is 0 Å². The highest BCUT2D eigenvalue weighted by atomic mass is 28.4. The van der Waals surface area contributed by atoms with Crippen molar-refractivity contribution in [3.63, 3.8) is 0 Å². The Labute approximate surface area is 88.2 Å². The zero-order valence-corrected chi connectivity index (χ0v) is 11.0. The topological polar surface area (TPSA) is 49.7 Å². The molecular weight excluding hydrogens is 196 g/mol. The Kier molecular flexibility index (Phi) is 5.29. The molecule has 0 aromatic rings. The van der Waals surface area contributed by atoms with Crippen molar-refractivity contribution < 1.29 is 14.6 Å². The molecule has 0 radical (unpaired) electrons. The van der Waals surface area contributed by atoms with Crippen LogP contribution in [0.3, 0.4) is 0 Å². The molecule has 0 amide bonds. The van der Waals surface area contributed by atoms with Crippen LogP contribution in [0, 0.1) is 0 Å². The molecule has 1 atom stereocenters. The maximum atomic E-state index is 9.58. The van der Waals surface area contributed by atoms with Crippen LogP contribution in [0.2, 0.25) is 18.1 Å². The molecule has 0 aliphatic carbocycles. The molecule has 0 heterocycles. The normalized spacial score (nSPS) is 15.6. The van der Waals surface area contributed by atoms with Crippen LogP contribution in [0.5, 0.6) is 0 Å². The van der Waals surface area contributed by atoms with E-state index in [1.807, 2.05) is 0 Å². The summed E-state index contributed by atoms with van der Waals surface area (Å²) in [6, 6.07) is 0. The van der Waals surface area contributed by atoms with Crippen LogP contribution < -0.4 is 0 Å². The van der Waals surface area contributed by atoms with Gasteiger partial charge in [0.2, 0.25) is 0 Å². The molecule has 0 aromatic carbocycles. The van der Waals surface area contributed by atoms with Gasteiger partial charge >= 0.3 is 0 Å². The minimum absolute atomic E-state index is 0.109. The average molecular weight is 220 g/mol. The molecule has 0 unspecified atom stereocenters. The first kappa shape index (κ1) is 14.1. The van der Waals surface area contributed by atoms with Crippen molar-refractivity contribution >= 4 is 8.32 Å². The second kappa shape index (κ2) is 5.26. The summed E-state index contributed by atoms with van der Waals surface area (Å²) in [4.78, 5) is 0. The Bertz CT molecular complexity index is 163. The Balaban J connectivity index is 4.08. The van der Waals surface area contributed by atoms with E-state index in [1.54, 1.807) is 0 Å². The summed E-state index contributed by atoms with van der Waals surface area (Å²) in [5, 5.41) is 18.3. The Hall–Kier alpha value is 0.0969. The third-order valence-corrected chi connectivity index (χ3v) is 7.32. The van der Waals surface area contributed by atoms with Crippen LogP contribution in [-0.4, -0.2) is 31.4 Å². The van der Waals surface area contributed by atoms with E-state index < -0.39 is 14.6 Å². The summed E-state index contributed by atoms with van der Waals surface area (Å²) < 4.78 is 5.69. The number of rotatable bonds is 5. The van der Waals surface area contributed by atoms with Crippen LogP contribution in [0.4, 0.5) is 0 Å². The zero-order valence-electron chi connectivity index (χ0n) is 10.0. The summed E-state index contributed by atoms with van der Waals surface area (Å²) in [5.41, 5.74) is 0. The fourth-order valence-corrected chi connectivity index (χ4v) is 1.99. The van der Waals surface area contributed by atoms with Crippen molar-refractivity contribution in [2.45, 2.75) is 58.0 Å². The van der Waals surface area contributed by atoms with Gasteiger partial charge in [-0.1, -0.05) is 20.8 Å². The second-order valence-electron chi connectivity index (χ2n) is 5.20. The quantitative estimate of drug-likeness (QED) is 0.551. The molecule has 4 heteroatoms. The lowest BCUT2D eigenvalue weighted by Gasteiger charge is -2.37. The third kappa shape index (κ3) is 4.55. The molecule has 0 saturated heterocycles. The minimum atomic E-state index is -1.85. The number of hydrogen-bond acceptors (Lipinski definition) is 3. The van der Waals surface area contributed by atoms with Gasteiger partial charge < -0.3 is 14.6 Å². The Morgan fingerprint density at radius 2 is 1.79 bits per heavy atom. The van der Waals surface area contributed by atoms with Crippen molar-refractivity contribution in [2.75, 3.05) is 6.61 Å². The maximum absolute atomic E-state index is 9.58. The highest BCUT2D eigenvalue weighted by Crippen LogP contribution is 2.37. The van der Waals surface area contributed by atoms with Crippen LogP contribution >= 0.6 is 0 Å². The first-order chi connectivity index (χ1) is 6.20. The second-order valence-corrected chi connectivity index (χ2v) is 9.95. The molecule has 86 valence electrons. The molecule has 0 saturated carbocycles. The predicted molar refractivity (Wildman–Crippen MR) is 60.6 cm³/mol. The van der Waals surface area contributed by atoms with E-state index in [0.29, 0.717) is 12.8 Å². The summed E-state index contributed by atoms with van der Waals surface area (Å²) >= 11 is 0. The standard InChI is InChI=1S/C10H24O3Si/c1-10(2,3)14(4,5)13-9(12)7-6-8-11/h9,11-12H,6-8H2,1-5H3/t9-/m1/s1. The average Bonchev–Trinajstić information content (AvgIpc) is 1.97. The minimum Gasteiger partial charge on any atom is -0.396 e. The third-order valence-electron chi connectivity index (χ3n) is 2.85. The van der Waals surface area contributed by atoms with Crippen LogP contribution in [-0.2, 0) is 4.43 Å². The molecule has 0 aliphatic rings. The molecule has 0 fully saturated rings. The Morgan fingerprint density at radius 3 is 2.14 bits per heavy atom. The van der Waals surface area contributed by atoms with E-state index in [1.165, 1.54) is 0 Å². The highest BCUT2D eigenvalue weighted by molar-refractivity contribution is 6.74. The fourth-order valence-electron chi connectivity index (χ4n) is 0.842. The van der Waals surface area contributed by atoms with Gasteiger partial charge in [-0.25, -0.2) is 0 Å². The van der Waals surface area contributed by atoms with Gasteiger partial charge in [0.1, 0.15) is 6.29 Å². The lowest BCUT2D eigenvalue weighted by Crippen LogP contribution is -2.43. The molecule has 0 bridgehead atoms. The van der Waals surface area contributed by atoms with Gasteiger partial charge in [0, 0.05) is 6.61 Å². The molecule has 0 spiro atoms. The van der Waals surface area contributed by atoms with Gasteiger partial charge in [-0.3, -0.25) is 0 Å². The summed E-state index contributed by atoms with van der Waals surface area (Å²) in [7, 11) is -1.85. The highest BCUT2D eigenvalue weighted by Gasteiger charge is 2.38. The monoisotopic (exact) mass is 220 g/mol. The van der Waals surface area contributed by atoms with Crippen molar-refractivity contribution in [1.82, 2.24) is 0 Å². The van der Waals surface area contributed by atoms with E-state index in [2.05, 4.69) is 33.9 Å². The van der Waals surface area contributed by atoms with Crippen molar-refractivity contribution in [3.05, 3.63) is 0 Å². The predicted octanol–water partition coefficient (Wildman–Crippen LogP) is 2.10. The fraction of sp³-hybridized carbons (Fsp3) is 1.00. The zero-order chi connectivity index (χ0) is 11.4. The molecule has 3 nitrogen and oxygen atoms in total. The molecule has 0 rings (SSSR count). The Morgan fingerprint density at radius 1 is 1.29 bits per heavy atom. The van der Waals surface area contributed by atoms with Gasteiger partial charge in [-0.05, 0) is 31.0 Å². The molecule has 14 heavy (non-hydrogen) atoms. The smallest absolute Gasteiger partial charge is 0.195 e. The first-order valence-electron chi connectivity index (χ1n) is 5.17. The largest absolute Gasteiger partial charge is 0.396 e. The van der Waals surface area contributed by atoms with Gasteiger partial charge in [0.15, 0.2) is 8.32 Å². The van der Waals surface area contributed by atoms with E-state index in [-0.39, 0.29) is 11.6 Å². The van der Waals surface area contributed by atoms with Crippen molar-refractivity contribution in [2.24, 2.45) is 0 Å². The molecule has 0 aromatic heterocycles. The van der Waals surface area contributed by atoms with Crippen LogP contribution in [0.1, 0.15) is 33.6 Å². The van der Waals surface area contributed by atoms with E-state index in [4.69, 9.17) is 9.53 Å². The number of hydrogen-bond donors (Lipinski definition) is 2. The first-order valence-corrected chi connectivity index (χ1v) is 8.08. The van der Waals surface area contributed by atoms with Gasteiger partial charge in [-0.15, -0.1) is 0 Å². The molecule has 0 aliphatic heterocycles. The molecular formula is C10H24O3Si. The summed E-state index contributed by atoms with van der Waals surface area (Å²) in [6.45, 7) is 10.7. The van der Waals surface area contributed by atoms with Crippen molar-refractivity contribution in [3.8, 4) is 0 Å². The summed E-state index contributed by atoms with van der Waals surface area (Å²) in [6.07, 6.45) is 0.391. The lowest BCUT2D eigenvalue weighted by atomic mass is 10.2. The van der Waals surface area contributed by atoms with Gasteiger partial charge in [0.25, 0.3) is 0 Å². The summed E-state index contributed by atoms with van der Waals surface area (Å²) in [5.74, 6) is 0. The van der Waals surface area contributed by atoms with E-state index in [0.717, 1.165) is 0 Å². The maximum Gasteiger partial charge on any atom is 0.195 e. The number of aliphatic hydroxyl groups excluding tert-OH is 2. The number of aliphatic hydroxyl groups is 2. The SMILES string of the molecule is CC(C)(C)[Si](C)(C)O[C@@H](O)CCCO. The van der Waals surface area contributed by atoms with Gasteiger partial charge in [-0.2, -0.15) is 0 Å². The van der Waals surface area contributed by atoms with Gasteiger partial charge in [0.05, 0.1) is 0 Å². The van der Waals surface area contributed by atoms with Crippen LogP contribution in [0.15, 0.2) is 0 Å².